The lowest BCUT2D eigenvalue weighted by Crippen LogP contribution is -2.34. The van der Waals surface area contributed by atoms with Crippen molar-refractivity contribution in [1.29, 1.82) is 0 Å². The quantitative estimate of drug-likeness (QED) is 0.564. The summed E-state index contributed by atoms with van der Waals surface area (Å²) < 4.78 is 0. The summed E-state index contributed by atoms with van der Waals surface area (Å²) in [6.07, 6.45) is 0.0248. The number of hydrogen-bond acceptors (Lipinski definition) is 3. The smallest absolute Gasteiger partial charge is 0.309 e. The Bertz CT molecular complexity index is 245. The van der Waals surface area contributed by atoms with Gasteiger partial charge in [0, 0.05) is 0 Å². The Balaban J connectivity index is 2.79. The van der Waals surface area contributed by atoms with Crippen molar-refractivity contribution in [2.45, 2.75) is 25.4 Å². The third-order valence-electron chi connectivity index (χ3n) is 2.58. The molecular weight excluding hydrogens is 176 g/mol. The standard InChI is InChI=1S/C8H12O5/c1-8(13)3-4(6(9)10)2-5(8)7(11)12/h4-5,13H,2-3H2,1H3,(H,9,10)(H,11,12)/t4-,5-,8+/m0/s1. The Kier molecular flexibility index (Phi) is 2.30. The number of aliphatic hydroxyl groups is 1. The van der Waals surface area contributed by atoms with E-state index >= 15 is 0 Å². The second-order valence-corrected chi connectivity index (χ2v) is 3.72. The van der Waals surface area contributed by atoms with Crippen LogP contribution in [0.2, 0.25) is 0 Å². The molecule has 0 radical (unpaired) electrons. The number of aliphatic carboxylic acids is 2. The predicted octanol–water partition coefficient (Wildman–Crippen LogP) is -0.0672. The molecule has 13 heavy (non-hydrogen) atoms. The summed E-state index contributed by atoms with van der Waals surface area (Å²) in [5, 5.41) is 26.9. The average Bonchev–Trinajstić information content (AvgIpc) is 2.25. The van der Waals surface area contributed by atoms with Crippen LogP contribution in [-0.2, 0) is 9.59 Å². The maximum absolute atomic E-state index is 10.6. The zero-order chi connectivity index (χ0) is 10.2. The first-order valence-electron chi connectivity index (χ1n) is 4.02. The molecule has 0 spiro atoms. The topological polar surface area (TPSA) is 94.8 Å². The lowest BCUT2D eigenvalue weighted by atomic mass is 9.93. The number of carboxylic acids is 2. The van der Waals surface area contributed by atoms with E-state index in [0.717, 1.165) is 0 Å². The molecule has 1 fully saturated rings. The molecule has 1 rings (SSSR count). The Labute approximate surface area is 75.0 Å². The van der Waals surface area contributed by atoms with Crippen molar-refractivity contribution < 1.29 is 24.9 Å². The number of hydrogen-bond donors (Lipinski definition) is 3. The molecule has 5 nitrogen and oxygen atoms in total. The van der Waals surface area contributed by atoms with Crippen molar-refractivity contribution in [3.05, 3.63) is 0 Å². The number of rotatable bonds is 2. The summed E-state index contributed by atoms with van der Waals surface area (Å²) in [4.78, 5) is 21.2. The van der Waals surface area contributed by atoms with E-state index < -0.39 is 29.4 Å². The fourth-order valence-electron chi connectivity index (χ4n) is 1.82. The second kappa shape index (κ2) is 2.99. The molecule has 0 aromatic carbocycles. The molecule has 0 aromatic rings. The average molecular weight is 188 g/mol. The van der Waals surface area contributed by atoms with Gasteiger partial charge in [0.2, 0.25) is 0 Å². The maximum Gasteiger partial charge on any atom is 0.309 e. The minimum Gasteiger partial charge on any atom is -0.481 e. The zero-order valence-corrected chi connectivity index (χ0v) is 7.23. The van der Waals surface area contributed by atoms with Crippen LogP contribution in [0.25, 0.3) is 0 Å². The number of carboxylic acid groups (broad SMARTS) is 2. The highest BCUT2D eigenvalue weighted by atomic mass is 16.4. The van der Waals surface area contributed by atoms with Crippen molar-refractivity contribution in [2.75, 3.05) is 0 Å². The van der Waals surface area contributed by atoms with Crippen molar-refractivity contribution in [3.63, 3.8) is 0 Å². The van der Waals surface area contributed by atoms with E-state index in [2.05, 4.69) is 0 Å². The molecule has 0 aromatic heterocycles. The van der Waals surface area contributed by atoms with E-state index in [4.69, 9.17) is 10.2 Å². The van der Waals surface area contributed by atoms with Crippen molar-refractivity contribution in [1.82, 2.24) is 0 Å². The fraction of sp³-hybridized carbons (Fsp3) is 0.750. The molecule has 0 amide bonds. The second-order valence-electron chi connectivity index (χ2n) is 3.72. The van der Waals surface area contributed by atoms with Crippen molar-refractivity contribution in [3.8, 4) is 0 Å². The van der Waals surface area contributed by atoms with Gasteiger partial charge >= 0.3 is 11.9 Å². The van der Waals surface area contributed by atoms with Crippen LogP contribution in [-0.4, -0.2) is 32.9 Å². The highest BCUT2D eigenvalue weighted by Crippen LogP contribution is 2.39. The molecule has 74 valence electrons. The fourth-order valence-corrected chi connectivity index (χ4v) is 1.82. The highest BCUT2D eigenvalue weighted by molar-refractivity contribution is 5.76. The number of carbonyl (C=O) groups is 2. The minimum atomic E-state index is -1.39. The molecule has 3 atom stereocenters. The van der Waals surface area contributed by atoms with Gasteiger partial charge in [0.15, 0.2) is 0 Å². The van der Waals surface area contributed by atoms with Gasteiger partial charge in [-0.05, 0) is 19.8 Å². The van der Waals surface area contributed by atoms with E-state index in [1.807, 2.05) is 0 Å². The third-order valence-corrected chi connectivity index (χ3v) is 2.58. The Hall–Kier alpha value is -1.10. The van der Waals surface area contributed by atoms with Gasteiger partial charge in [0.05, 0.1) is 17.4 Å². The van der Waals surface area contributed by atoms with Gasteiger partial charge in [-0.3, -0.25) is 9.59 Å². The van der Waals surface area contributed by atoms with E-state index in [9.17, 15) is 14.7 Å². The molecule has 5 heteroatoms. The molecular formula is C8H12O5. The lowest BCUT2D eigenvalue weighted by molar-refractivity contribution is -0.148. The van der Waals surface area contributed by atoms with Crippen LogP contribution >= 0.6 is 0 Å². The Morgan fingerprint density at radius 1 is 1.31 bits per heavy atom. The molecule has 0 bridgehead atoms. The molecule has 1 aliphatic rings. The first-order valence-corrected chi connectivity index (χ1v) is 4.02. The van der Waals surface area contributed by atoms with Crippen LogP contribution < -0.4 is 0 Å². The van der Waals surface area contributed by atoms with E-state index in [1.54, 1.807) is 0 Å². The third kappa shape index (κ3) is 1.80. The first-order chi connectivity index (χ1) is 5.84. The SMILES string of the molecule is C[C@@]1(O)C[C@@H](C(=O)O)C[C@H]1C(=O)O. The van der Waals surface area contributed by atoms with Gasteiger partial charge in [-0.15, -0.1) is 0 Å². The molecule has 1 aliphatic carbocycles. The first kappa shape index (κ1) is 9.98. The summed E-state index contributed by atoms with van der Waals surface area (Å²) in [5.74, 6) is -3.87. The van der Waals surface area contributed by atoms with Crippen molar-refractivity contribution in [2.24, 2.45) is 11.8 Å². The van der Waals surface area contributed by atoms with Gasteiger partial charge < -0.3 is 15.3 Å². The summed E-state index contributed by atoms with van der Waals surface area (Å²) in [5.41, 5.74) is -1.39. The molecule has 0 unspecified atom stereocenters. The van der Waals surface area contributed by atoms with E-state index in [1.165, 1.54) is 6.92 Å². The van der Waals surface area contributed by atoms with E-state index in [0.29, 0.717) is 0 Å². The van der Waals surface area contributed by atoms with Crippen LogP contribution in [0.4, 0.5) is 0 Å². The van der Waals surface area contributed by atoms with Crippen LogP contribution in [0.3, 0.4) is 0 Å². The molecule has 1 saturated carbocycles. The van der Waals surface area contributed by atoms with Gasteiger partial charge in [-0.25, -0.2) is 0 Å². The van der Waals surface area contributed by atoms with Crippen LogP contribution in [0, 0.1) is 11.8 Å². The predicted molar refractivity (Wildman–Crippen MR) is 42.1 cm³/mol. The van der Waals surface area contributed by atoms with Gasteiger partial charge in [0.25, 0.3) is 0 Å². The Morgan fingerprint density at radius 3 is 2.08 bits per heavy atom. The van der Waals surface area contributed by atoms with Crippen LogP contribution in [0.5, 0.6) is 0 Å². The molecule has 0 aliphatic heterocycles. The van der Waals surface area contributed by atoms with Gasteiger partial charge in [0.1, 0.15) is 0 Å². The summed E-state index contributed by atoms with van der Waals surface area (Å²) in [6.45, 7) is 1.37. The Morgan fingerprint density at radius 2 is 1.85 bits per heavy atom. The highest BCUT2D eigenvalue weighted by Gasteiger charge is 2.48. The largest absolute Gasteiger partial charge is 0.481 e. The summed E-state index contributed by atoms with van der Waals surface area (Å²) in [7, 11) is 0. The maximum atomic E-state index is 10.6. The van der Waals surface area contributed by atoms with Crippen molar-refractivity contribution >= 4 is 11.9 Å². The van der Waals surface area contributed by atoms with E-state index in [-0.39, 0.29) is 12.8 Å². The van der Waals surface area contributed by atoms with Crippen LogP contribution in [0.1, 0.15) is 19.8 Å². The zero-order valence-electron chi connectivity index (χ0n) is 7.23. The summed E-state index contributed by atoms with van der Waals surface area (Å²) >= 11 is 0. The van der Waals surface area contributed by atoms with Crippen LogP contribution in [0.15, 0.2) is 0 Å². The summed E-state index contributed by atoms with van der Waals surface area (Å²) in [6, 6.07) is 0. The molecule has 0 saturated heterocycles. The minimum absolute atomic E-state index is 0.0116. The van der Waals surface area contributed by atoms with Gasteiger partial charge in [-0.1, -0.05) is 0 Å². The monoisotopic (exact) mass is 188 g/mol. The molecule has 3 N–H and O–H groups in total. The van der Waals surface area contributed by atoms with Gasteiger partial charge in [-0.2, -0.15) is 0 Å². The molecule has 0 heterocycles. The lowest BCUT2D eigenvalue weighted by Gasteiger charge is -2.21. The normalized spacial score (nSPS) is 38.9.